The number of nitrogens with one attached hydrogen (secondary N) is 3. The molecule has 17 heteroatoms. The molecule has 6 rings (SSSR count). The van der Waals surface area contributed by atoms with Crippen LogP contribution in [0, 0.1) is 0 Å². The van der Waals surface area contributed by atoms with Gasteiger partial charge in [0, 0.05) is 29.8 Å². The number of nitrogens with two attached hydrogens (primary N) is 1. The van der Waals surface area contributed by atoms with E-state index in [9.17, 15) is 38.3 Å². The zero-order valence-electron chi connectivity index (χ0n) is 32.2. The maximum Gasteiger partial charge on any atom is 0.335 e. The van der Waals surface area contributed by atoms with Crippen molar-refractivity contribution in [3.05, 3.63) is 83.2 Å². The molecule has 3 aromatic carbocycles. The highest BCUT2D eigenvalue weighted by molar-refractivity contribution is 8.04. The van der Waals surface area contributed by atoms with Gasteiger partial charge in [0.2, 0.25) is 29.5 Å². The first-order chi connectivity index (χ1) is 27.8. The molecule has 3 heterocycles. The summed E-state index contributed by atoms with van der Waals surface area (Å²) in [6.45, 7) is 1.85. The van der Waals surface area contributed by atoms with E-state index in [0.717, 1.165) is 76.1 Å². The topological polar surface area (TPSA) is 211 Å². The van der Waals surface area contributed by atoms with Crippen molar-refractivity contribution in [2.24, 2.45) is 5.73 Å². The van der Waals surface area contributed by atoms with Gasteiger partial charge in [-0.15, -0.1) is 23.1 Å². The Labute approximate surface area is 345 Å². The molecule has 0 bridgehead atoms. The zero-order valence-corrected chi connectivity index (χ0v) is 34.7. The van der Waals surface area contributed by atoms with Crippen LogP contribution < -0.4 is 21.7 Å². The fourth-order valence-electron chi connectivity index (χ4n) is 7.68. The van der Waals surface area contributed by atoms with Gasteiger partial charge in [-0.3, -0.25) is 33.4 Å². The number of likely N-dealkylation sites (tertiary alicyclic amines) is 2. The summed E-state index contributed by atoms with van der Waals surface area (Å²) in [6, 6.07) is 16.8. The third-order valence-corrected chi connectivity index (χ3v) is 14.3. The van der Waals surface area contributed by atoms with Crippen molar-refractivity contribution in [2.75, 3.05) is 37.4 Å². The number of thiophene rings is 1. The Morgan fingerprint density at radius 1 is 0.828 bits per heavy atom. The van der Waals surface area contributed by atoms with Crippen LogP contribution >= 0.6 is 30.7 Å². The molecule has 7 N–H and O–H groups in total. The Morgan fingerprint density at radius 2 is 1.55 bits per heavy atom. The highest BCUT2D eigenvalue weighted by Gasteiger charge is 2.38. The number of carbonyl (C=O) groups is 5. The van der Waals surface area contributed by atoms with Crippen LogP contribution in [0.15, 0.2) is 72.1 Å². The van der Waals surface area contributed by atoms with Crippen molar-refractivity contribution in [2.45, 2.75) is 75.5 Å². The van der Waals surface area contributed by atoms with E-state index in [-0.39, 0.29) is 44.0 Å². The van der Waals surface area contributed by atoms with E-state index in [0.29, 0.717) is 12.8 Å². The number of amides is 5. The Balaban J connectivity index is 1.20. The lowest BCUT2D eigenvalue weighted by molar-refractivity contribution is -0.145. The number of primary amides is 1. The summed E-state index contributed by atoms with van der Waals surface area (Å²) >= 11 is 2.32. The van der Waals surface area contributed by atoms with Crippen LogP contribution in [-0.2, 0) is 41.4 Å². The van der Waals surface area contributed by atoms with E-state index < -0.39 is 60.9 Å². The Morgan fingerprint density at radius 3 is 2.31 bits per heavy atom. The van der Waals surface area contributed by atoms with Crippen molar-refractivity contribution in [1.82, 2.24) is 25.8 Å². The van der Waals surface area contributed by atoms with E-state index in [1.165, 1.54) is 16.2 Å². The predicted molar refractivity (Wildman–Crippen MR) is 227 cm³/mol. The molecular formula is C41H51N6O8PS2. The molecule has 0 radical (unpaired) electrons. The highest BCUT2D eigenvalue weighted by Crippen LogP contribution is 2.39. The molecular weight excluding hydrogens is 800 g/mol. The van der Waals surface area contributed by atoms with Crippen LogP contribution in [0.4, 0.5) is 0 Å². The third kappa shape index (κ3) is 11.9. The van der Waals surface area contributed by atoms with Crippen LogP contribution in [0.3, 0.4) is 0 Å². The van der Waals surface area contributed by atoms with Gasteiger partial charge in [0.25, 0.3) is 0 Å². The van der Waals surface area contributed by atoms with Gasteiger partial charge < -0.3 is 36.4 Å². The number of thioether (sulfide) groups is 1. The maximum absolute atomic E-state index is 14.5. The Hall–Kier alpha value is -4.31. The van der Waals surface area contributed by atoms with Gasteiger partial charge in [0.1, 0.15) is 24.2 Å². The van der Waals surface area contributed by atoms with Crippen LogP contribution in [0.25, 0.3) is 20.9 Å². The number of hydrogen-bond donors (Lipinski definition) is 6. The molecule has 4 atom stereocenters. The molecule has 1 aromatic heterocycles. The number of fused-ring (bicyclic) bond motifs is 2. The second-order valence-corrected chi connectivity index (χ2v) is 19.1. The minimum absolute atomic E-state index is 0.117. The number of rotatable bonds is 17. The summed E-state index contributed by atoms with van der Waals surface area (Å²) in [7, 11) is -4.48. The molecule has 4 unspecified atom stereocenters. The molecule has 2 aliphatic heterocycles. The summed E-state index contributed by atoms with van der Waals surface area (Å²) < 4.78 is 12.8. The molecule has 14 nitrogen and oxygen atoms in total. The standard InChI is InChI=1S/C41H51N6O8PS2/c42-38(49)32(21-27-15-16-28-10-2-3-11-29(28)20-27)44-40(51)35-13-6-9-19-47(35)41(52)34(25-57-26-56(53,54)55)45-39(50)33(43-37(48)23-46-17-7-1-8-18-46)22-30-24-58-36-14-5-4-12-31(30)36/h2-5,10-12,14-16,20,24,32-35H,1,6-9,13,17-19,21-23,25-26H2,(H2,42,49)(H,43,48)(H,44,51)(H,45,50)(H2,53,54,55). The predicted octanol–water partition coefficient (Wildman–Crippen LogP) is 3.51. The molecule has 2 aliphatic rings. The number of hydrogen-bond acceptors (Lipinski definition) is 9. The molecule has 58 heavy (non-hydrogen) atoms. The first kappa shape index (κ1) is 43.3. The zero-order chi connectivity index (χ0) is 41.2. The molecule has 0 saturated carbocycles. The minimum atomic E-state index is -4.48. The summed E-state index contributed by atoms with van der Waals surface area (Å²) in [5, 5.41) is 13.4. The normalized spacial score (nSPS) is 18.0. The van der Waals surface area contributed by atoms with Gasteiger partial charge in [0.15, 0.2) is 0 Å². The minimum Gasteiger partial charge on any atom is -0.368 e. The Kier molecular flexibility index (Phi) is 15.0. The molecule has 0 aliphatic carbocycles. The third-order valence-electron chi connectivity index (χ3n) is 10.6. The first-order valence-corrected chi connectivity index (χ1v) is 23.4. The second-order valence-electron chi connectivity index (χ2n) is 15.0. The molecule has 0 spiro atoms. The lowest BCUT2D eigenvalue weighted by Crippen LogP contribution is -2.61. The molecule has 310 valence electrons. The first-order valence-electron chi connectivity index (χ1n) is 19.6. The van der Waals surface area contributed by atoms with Crippen LogP contribution in [-0.4, -0.2) is 111 Å². The smallest absolute Gasteiger partial charge is 0.335 e. The number of piperidine rings is 2. The molecule has 5 amide bonds. The fraction of sp³-hybridized carbons (Fsp3) is 0.439. The van der Waals surface area contributed by atoms with Gasteiger partial charge in [0.05, 0.1) is 12.0 Å². The van der Waals surface area contributed by atoms with Gasteiger partial charge in [-0.1, -0.05) is 67.1 Å². The van der Waals surface area contributed by atoms with Crippen LogP contribution in [0.5, 0.6) is 0 Å². The maximum atomic E-state index is 14.5. The summed E-state index contributed by atoms with van der Waals surface area (Å²) in [5.74, 6) is -3.10. The van der Waals surface area contributed by atoms with E-state index >= 15 is 0 Å². The fourth-order valence-corrected chi connectivity index (χ4v) is 10.5. The van der Waals surface area contributed by atoms with Crippen molar-refractivity contribution in [3.8, 4) is 0 Å². The van der Waals surface area contributed by atoms with Crippen LogP contribution in [0.2, 0.25) is 0 Å². The van der Waals surface area contributed by atoms with Crippen molar-refractivity contribution in [3.63, 3.8) is 0 Å². The van der Waals surface area contributed by atoms with Crippen molar-refractivity contribution in [1.29, 1.82) is 0 Å². The van der Waals surface area contributed by atoms with Crippen LogP contribution in [0.1, 0.15) is 49.7 Å². The van der Waals surface area contributed by atoms with Crippen molar-refractivity contribution >= 4 is 81.1 Å². The molecule has 2 fully saturated rings. The van der Waals surface area contributed by atoms with Gasteiger partial charge in [-0.2, -0.15) is 0 Å². The van der Waals surface area contributed by atoms with E-state index in [1.54, 1.807) is 0 Å². The lowest BCUT2D eigenvalue weighted by atomic mass is 9.98. The van der Waals surface area contributed by atoms with Crippen molar-refractivity contribution < 1.29 is 38.3 Å². The highest BCUT2D eigenvalue weighted by atomic mass is 32.2. The molecule has 4 aromatic rings. The quantitative estimate of drug-likeness (QED) is 0.0852. The van der Waals surface area contributed by atoms with Gasteiger partial charge in [-0.05, 0) is 83.9 Å². The average molecular weight is 851 g/mol. The van der Waals surface area contributed by atoms with E-state index in [4.69, 9.17) is 5.73 Å². The number of carbonyl (C=O) groups excluding carboxylic acids is 5. The summed E-state index contributed by atoms with van der Waals surface area (Å²) in [6.07, 6.45) is 4.82. The van der Waals surface area contributed by atoms with Gasteiger partial charge in [-0.25, -0.2) is 0 Å². The monoisotopic (exact) mass is 850 g/mol. The van der Waals surface area contributed by atoms with E-state index in [2.05, 4.69) is 16.0 Å². The lowest BCUT2D eigenvalue weighted by Gasteiger charge is -2.37. The van der Waals surface area contributed by atoms with E-state index in [1.807, 2.05) is 77.0 Å². The number of nitrogens with zero attached hydrogens (tertiary/aromatic N) is 2. The van der Waals surface area contributed by atoms with Gasteiger partial charge >= 0.3 is 7.60 Å². The Bertz CT molecular complexity index is 2160. The summed E-state index contributed by atoms with van der Waals surface area (Å²) in [5.41, 5.74) is 6.82. The molecule has 2 saturated heterocycles. The summed E-state index contributed by atoms with van der Waals surface area (Å²) in [4.78, 5) is 91.4. The average Bonchev–Trinajstić information content (AvgIpc) is 3.62. The SMILES string of the molecule is NC(=O)C(Cc1ccc2ccccc2c1)NC(=O)C1CCCCN1C(=O)C(CSCP(=O)(O)O)NC(=O)C(Cc1csc2ccccc12)NC(=O)CN1CCCCC1. The second kappa shape index (κ2) is 20.1. The number of benzene rings is 3. The largest absolute Gasteiger partial charge is 0.368 e.